The SMILES string of the molecule is CCC1(Cc2ccccc2)CC(=O)NC(=O)C1. The average Bonchev–Trinajstić information content (AvgIpc) is 2.29. The predicted molar refractivity (Wildman–Crippen MR) is 65.3 cm³/mol. The van der Waals surface area contributed by atoms with E-state index in [0.717, 1.165) is 12.8 Å². The Bertz CT molecular complexity index is 409. The van der Waals surface area contributed by atoms with Crippen LogP contribution in [0.5, 0.6) is 0 Å². The molecule has 0 aromatic heterocycles. The van der Waals surface area contributed by atoms with Crippen molar-refractivity contribution in [1.29, 1.82) is 0 Å². The van der Waals surface area contributed by atoms with E-state index < -0.39 is 0 Å². The molecule has 1 heterocycles. The molecular weight excluding hydrogens is 214 g/mol. The number of carbonyl (C=O) groups excluding carboxylic acids is 2. The number of carbonyl (C=O) groups is 2. The Morgan fingerprint density at radius 2 is 1.71 bits per heavy atom. The van der Waals surface area contributed by atoms with Crippen LogP contribution in [0.15, 0.2) is 30.3 Å². The lowest BCUT2D eigenvalue weighted by molar-refractivity contribution is -0.138. The van der Waals surface area contributed by atoms with Crippen molar-refractivity contribution in [1.82, 2.24) is 5.32 Å². The van der Waals surface area contributed by atoms with Crippen molar-refractivity contribution in [2.75, 3.05) is 0 Å². The molecule has 1 fully saturated rings. The maximum absolute atomic E-state index is 11.5. The molecule has 17 heavy (non-hydrogen) atoms. The van der Waals surface area contributed by atoms with Crippen molar-refractivity contribution in [3.63, 3.8) is 0 Å². The number of piperidine rings is 1. The van der Waals surface area contributed by atoms with E-state index >= 15 is 0 Å². The van der Waals surface area contributed by atoms with Crippen molar-refractivity contribution < 1.29 is 9.59 Å². The van der Waals surface area contributed by atoms with Gasteiger partial charge in [0.2, 0.25) is 11.8 Å². The van der Waals surface area contributed by atoms with Crippen LogP contribution in [0.4, 0.5) is 0 Å². The number of amides is 2. The maximum atomic E-state index is 11.5. The van der Waals surface area contributed by atoms with Crippen molar-refractivity contribution in [2.45, 2.75) is 32.6 Å². The fraction of sp³-hybridized carbons (Fsp3) is 0.429. The highest BCUT2D eigenvalue weighted by Gasteiger charge is 2.38. The number of hydrogen-bond donors (Lipinski definition) is 1. The number of rotatable bonds is 3. The van der Waals surface area contributed by atoms with Crippen molar-refractivity contribution in [3.8, 4) is 0 Å². The molecule has 3 nitrogen and oxygen atoms in total. The summed E-state index contributed by atoms with van der Waals surface area (Å²) in [5.74, 6) is -0.280. The van der Waals surface area contributed by atoms with Gasteiger partial charge in [-0.2, -0.15) is 0 Å². The van der Waals surface area contributed by atoms with E-state index in [1.807, 2.05) is 30.3 Å². The molecule has 2 amide bonds. The van der Waals surface area contributed by atoms with Crippen molar-refractivity contribution in [2.24, 2.45) is 5.41 Å². The Hall–Kier alpha value is -1.64. The van der Waals surface area contributed by atoms with Gasteiger partial charge in [0.25, 0.3) is 0 Å². The smallest absolute Gasteiger partial charge is 0.227 e. The largest absolute Gasteiger partial charge is 0.296 e. The first-order valence-corrected chi connectivity index (χ1v) is 6.00. The van der Waals surface area contributed by atoms with Gasteiger partial charge in [-0.15, -0.1) is 0 Å². The van der Waals surface area contributed by atoms with E-state index in [9.17, 15) is 9.59 Å². The molecule has 3 heteroatoms. The number of imide groups is 1. The molecule has 1 aliphatic heterocycles. The Balaban J connectivity index is 2.19. The first kappa shape index (κ1) is 11.8. The lowest BCUT2D eigenvalue weighted by atomic mass is 9.72. The van der Waals surface area contributed by atoms with Crippen LogP contribution in [0.25, 0.3) is 0 Å². The molecule has 1 aromatic carbocycles. The molecule has 90 valence electrons. The molecule has 0 aliphatic carbocycles. The van der Waals surface area contributed by atoms with Crippen LogP contribution in [0.1, 0.15) is 31.7 Å². The van der Waals surface area contributed by atoms with E-state index in [1.54, 1.807) is 0 Å². The first-order chi connectivity index (χ1) is 8.13. The van der Waals surface area contributed by atoms with E-state index in [0.29, 0.717) is 12.8 Å². The molecule has 0 unspecified atom stereocenters. The van der Waals surface area contributed by atoms with Crippen LogP contribution in [-0.2, 0) is 16.0 Å². The molecule has 0 atom stereocenters. The lowest BCUT2D eigenvalue weighted by Gasteiger charge is -2.35. The van der Waals surface area contributed by atoms with Gasteiger partial charge in [-0.05, 0) is 23.8 Å². The Morgan fingerprint density at radius 3 is 2.24 bits per heavy atom. The molecule has 1 aliphatic rings. The third-order valence-corrected chi connectivity index (χ3v) is 3.52. The summed E-state index contributed by atoms with van der Waals surface area (Å²) in [4.78, 5) is 23.0. The summed E-state index contributed by atoms with van der Waals surface area (Å²) in [5.41, 5.74) is 0.998. The van der Waals surface area contributed by atoms with Gasteiger partial charge >= 0.3 is 0 Å². The van der Waals surface area contributed by atoms with Gasteiger partial charge in [0.1, 0.15) is 0 Å². The van der Waals surface area contributed by atoms with Crippen LogP contribution in [-0.4, -0.2) is 11.8 Å². The molecular formula is C14H17NO2. The van der Waals surface area contributed by atoms with E-state index in [-0.39, 0.29) is 17.2 Å². The van der Waals surface area contributed by atoms with E-state index in [4.69, 9.17) is 0 Å². The quantitative estimate of drug-likeness (QED) is 0.809. The van der Waals surface area contributed by atoms with Gasteiger partial charge in [0.05, 0.1) is 0 Å². The highest BCUT2D eigenvalue weighted by Crippen LogP contribution is 2.36. The zero-order valence-electron chi connectivity index (χ0n) is 10.0. The van der Waals surface area contributed by atoms with Gasteiger partial charge in [0, 0.05) is 12.8 Å². The zero-order chi connectivity index (χ0) is 12.3. The standard InChI is InChI=1S/C14H17NO2/c1-2-14(8-11-6-4-3-5-7-11)9-12(16)15-13(17)10-14/h3-7H,2,8-10H2,1H3,(H,15,16,17). The fourth-order valence-corrected chi connectivity index (χ4v) is 2.52. The summed E-state index contributed by atoms with van der Waals surface area (Å²) in [6.45, 7) is 2.05. The lowest BCUT2D eigenvalue weighted by Crippen LogP contribution is -2.45. The highest BCUT2D eigenvalue weighted by molar-refractivity contribution is 5.98. The maximum Gasteiger partial charge on any atom is 0.227 e. The molecule has 0 radical (unpaired) electrons. The minimum Gasteiger partial charge on any atom is -0.296 e. The molecule has 0 spiro atoms. The third-order valence-electron chi connectivity index (χ3n) is 3.52. The Labute approximate surface area is 101 Å². The molecule has 0 saturated carbocycles. The van der Waals surface area contributed by atoms with Gasteiger partial charge in [-0.3, -0.25) is 14.9 Å². The second kappa shape index (κ2) is 4.70. The summed E-state index contributed by atoms with van der Waals surface area (Å²) in [5, 5.41) is 2.38. The summed E-state index contributed by atoms with van der Waals surface area (Å²) in [7, 11) is 0. The molecule has 1 aromatic rings. The number of hydrogen-bond acceptors (Lipinski definition) is 2. The molecule has 1 N–H and O–H groups in total. The first-order valence-electron chi connectivity index (χ1n) is 6.00. The zero-order valence-corrected chi connectivity index (χ0v) is 10.0. The summed E-state index contributed by atoms with van der Waals surface area (Å²) in [6, 6.07) is 10.1. The Morgan fingerprint density at radius 1 is 1.12 bits per heavy atom. The van der Waals surface area contributed by atoms with Crippen LogP contribution in [0, 0.1) is 5.41 Å². The van der Waals surface area contributed by atoms with Crippen LogP contribution in [0.2, 0.25) is 0 Å². The molecule has 2 rings (SSSR count). The van der Waals surface area contributed by atoms with Crippen LogP contribution >= 0.6 is 0 Å². The minimum atomic E-state index is -0.194. The third kappa shape index (κ3) is 2.73. The fourth-order valence-electron chi connectivity index (χ4n) is 2.52. The second-order valence-corrected chi connectivity index (χ2v) is 4.84. The normalized spacial score (nSPS) is 18.9. The summed E-state index contributed by atoms with van der Waals surface area (Å²) >= 11 is 0. The van der Waals surface area contributed by atoms with Crippen molar-refractivity contribution >= 4 is 11.8 Å². The van der Waals surface area contributed by atoms with Crippen LogP contribution in [0.3, 0.4) is 0 Å². The van der Waals surface area contributed by atoms with Crippen molar-refractivity contribution in [3.05, 3.63) is 35.9 Å². The average molecular weight is 231 g/mol. The Kier molecular flexibility index (Phi) is 3.27. The number of nitrogens with one attached hydrogen (secondary N) is 1. The van der Waals surface area contributed by atoms with Gasteiger partial charge in [-0.1, -0.05) is 37.3 Å². The summed E-state index contributed by atoms with van der Waals surface area (Å²) < 4.78 is 0. The monoisotopic (exact) mass is 231 g/mol. The van der Waals surface area contributed by atoms with E-state index in [1.165, 1.54) is 5.56 Å². The highest BCUT2D eigenvalue weighted by atomic mass is 16.2. The topological polar surface area (TPSA) is 46.2 Å². The van der Waals surface area contributed by atoms with Gasteiger partial charge < -0.3 is 0 Å². The minimum absolute atomic E-state index is 0.140. The molecule has 1 saturated heterocycles. The van der Waals surface area contributed by atoms with Crippen LogP contribution < -0.4 is 5.32 Å². The second-order valence-electron chi connectivity index (χ2n) is 4.84. The summed E-state index contributed by atoms with van der Waals surface area (Å²) in [6.07, 6.45) is 2.54. The van der Waals surface area contributed by atoms with Gasteiger partial charge in [0.15, 0.2) is 0 Å². The predicted octanol–water partition coefficient (Wildman–Crippen LogP) is 2.06. The number of benzene rings is 1. The van der Waals surface area contributed by atoms with E-state index in [2.05, 4.69) is 12.2 Å². The van der Waals surface area contributed by atoms with Gasteiger partial charge in [-0.25, -0.2) is 0 Å². The molecule has 0 bridgehead atoms.